The Labute approximate surface area is 155 Å². The van der Waals surface area contributed by atoms with Crippen molar-refractivity contribution in [1.29, 1.82) is 0 Å². The highest BCUT2D eigenvalue weighted by molar-refractivity contribution is 5.68. The van der Waals surface area contributed by atoms with Crippen molar-refractivity contribution in [1.82, 2.24) is 4.90 Å². The van der Waals surface area contributed by atoms with E-state index < -0.39 is 0 Å². The van der Waals surface area contributed by atoms with Gasteiger partial charge >= 0.3 is 12.1 Å². The van der Waals surface area contributed by atoms with Crippen molar-refractivity contribution >= 4 is 12.1 Å². The highest BCUT2D eigenvalue weighted by atomic mass is 35.5. The minimum Gasteiger partial charge on any atom is -1.00 e. The van der Waals surface area contributed by atoms with Gasteiger partial charge in [0.05, 0.1) is 6.04 Å². The van der Waals surface area contributed by atoms with E-state index in [-0.39, 0.29) is 43.8 Å². The molecule has 0 saturated carbocycles. The van der Waals surface area contributed by atoms with Gasteiger partial charge in [-0.2, -0.15) is 4.57 Å². The van der Waals surface area contributed by atoms with Crippen molar-refractivity contribution in [2.24, 2.45) is 5.92 Å². The molecule has 2 rings (SSSR count). The summed E-state index contributed by atoms with van der Waals surface area (Å²) in [6.07, 6.45) is 6.26. The summed E-state index contributed by atoms with van der Waals surface area (Å²) < 4.78 is 12.3. The Hall–Kier alpha value is -1.82. The van der Waals surface area contributed by atoms with Gasteiger partial charge in [0.2, 0.25) is 0 Å². The largest absolute Gasteiger partial charge is 1.00 e. The van der Waals surface area contributed by atoms with E-state index in [1.807, 2.05) is 23.0 Å². The number of esters is 1. The molecule has 0 spiro atoms. The second-order valence-electron chi connectivity index (χ2n) is 6.66. The van der Waals surface area contributed by atoms with Crippen molar-refractivity contribution in [3.05, 3.63) is 30.1 Å². The number of hydrogen-bond donors (Lipinski definition) is 0. The van der Waals surface area contributed by atoms with Gasteiger partial charge in [-0.05, 0) is 31.2 Å². The second kappa shape index (κ2) is 10.2. The third kappa shape index (κ3) is 6.90. The summed E-state index contributed by atoms with van der Waals surface area (Å²) in [5.41, 5.74) is 1.22. The van der Waals surface area contributed by atoms with Crippen LogP contribution in [0.15, 0.2) is 24.5 Å². The summed E-state index contributed by atoms with van der Waals surface area (Å²) in [6, 6.07) is 3.96. The fraction of sp³-hybridized carbons (Fsp3) is 0.611. The Morgan fingerprint density at radius 1 is 1.36 bits per heavy atom. The number of aromatic nitrogens is 1. The molecule has 25 heavy (non-hydrogen) atoms. The number of halogens is 1. The van der Waals surface area contributed by atoms with E-state index in [1.54, 1.807) is 4.90 Å². The SMILES string of the molecule is CC(=O)OC[C@@H]1CCCN1C(=O)OC[n+]1cccc(CC(C)C)c1.[Cl-]. The summed E-state index contributed by atoms with van der Waals surface area (Å²) in [6.45, 7) is 6.78. The van der Waals surface area contributed by atoms with E-state index in [9.17, 15) is 9.59 Å². The molecule has 0 N–H and O–H groups in total. The summed E-state index contributed by atoms with van der Waals surface area (Å²) in [7, 11) is 0. The first-order chi connectivity index (χ1) is 11.5. The molecule has 0 aliphatic carbocycles. The Morgan fingerprint density at radius 3 is 2.80 bits per heavy atom. The van der Waals surface area contributed by atoms with Crippen LogP contribution in [0.25, 0.3) is 0 Å². The lowest BCUT2D eigenvalue weighted by Gasteiger charge is -2.22. The van der Waals surface area contributed by atoms with Gasteiger partial charge in [0.25, 0.3) is 6.73 Å². The van der Waals surface area contributed by atoms with Crippen LogP contribution in [0.1, 0.15) is 39.2 Å². The molecule has 1 atom stereocenters. The number of ether oxygens (including phenoxy) is 2. The van der Waals surface area contributed by atoms with E-state index in [1.165, 1.54) is 12.5 Å². The molecule has 7 heteroatoms. The molecule has 0 bridgehead atoms. The van der Waals surface area contributed by atoms with Crippen molar-refractivity contribution in [2.45, 2.75) is 52.8 Å². The smallest absolute Gasteiger partial charge is 0.414 e. The first kappa shape index (κ1) is 21.2. The summed E-state index contributed by atoms with van der Waals surface area (Å²) in [4.78, 5) is 24.9. The zero-order chi connectivity index (χ0) is 17.5. The maximum atomic E-state index is 12.3. The van der Waals surface area contributed by atoms with Crippen LogP contribution < -0.4 is 17.0 Å². The summed E-state index contributed by atoms with van der Waals surface area (Å²) >= 11 is 0. The van der Waals surface area contributed by atoms with Crippen molar-refractivity contribution in [2.75, 3.05) is 13.2 Å². The van der Waals surface area contributed by atoms with Gasteiger partial charge in [-0.15, -0.1) is 0 Å². The zero-order valence-corrected chi connectivity index (χ0v) is 15.9. The van der Waals surface area contributed by atoms with E-state index >= 15 is 0 Å². The Kier molecular flexibility index (Phi) is 8.69. The molecule has 6 nitrogen and oxygen atoms in total. The van der Waals surface area contributed by atoms with Gasteiger partial charge in [-0.1, -0.05) is 13.8 Å². The van der Waals surface area contributed by atoms with Gasteiger partial charge in [0.15, 0.2) is 12.4 Å². The number of nitrogens with zero attached hydrogens (tertiary/aromatic N) is 2. The van der Waals surface area contributed by atoms with Crippen LogP contribution in [-0.2, 0) is 27.4 Å². The summed E-state index contributed by atoms with van der Waals surface area (Å²) in [5, 5.41) is 0. The van der Waals surface area contributed by atoms with Crippen LogP contribution in [0.4, 0.5) is 4.79 Å². The van der Waals surface area contributed by atoms with Crippen LogP contribution in [0.2, 0.25) is 0 Å². The molecule has 1 saturated heterocycles. The minimum absolute atomic E-state index is 0. The Balaban J connectivity index is 0.00000312. The lowest BCUT2D eigenvalue weighted by molar-refractivity contribution is -0.727. The second-order valence-corrected chi connectivity index (χ2v) is 6.66. The number of carbonyl (C=O) groups is 2. The average molecular weight is 371 g/mol. The fourth-order valence-corrected chi connectivity index (χ4v) is 2.92. The molecular formula is C18H27ClN2O4. The maximum absolute atomic E-state index is 12.3. The number of rotatable bonds is 6. The monoisotopic (exact) mass is 370 g/mol. The third-order valence-corrected chi connectivity index (χ3v) is 3.99. The van der Waals surface area contributed by atoms with Crippen LogP contribution in [0.5, 0.6) is 0 Å². The molecule has 0 unspecified atom stereocenters. The van der Waals surface area contributed by atoms with Crippen molar-refractivity contribution in [3.8, 4) is 0 Å². The number of carbonyl (C=O) groups excluding carboxylic acids is 2. The zero-order valence-electron chi connectivity index (χ0n) is 15.1. The van der Waals surface area contributed by atoms with Crippen LogP contribution in [0, 0.1) is 5.92 Å². The van der Waals surface area contributed by atoms with Crippen LogP contribution in [0.3, 0.4) is 0 Å². The fourth-order valence-electron chi connectivity index (χ4n) is 2.92. The van der Waals surface area contributed by atoms with E-state index in [0.717, 1.165) is 19.3 Å². The molecule has 1 amide bonds. The average Bonchev–Trinajstić information content (AvgIpc) is 2.99. The molecule has 0 aromatic carbocycles. The molecular weight excluding hydrogens is 344 g/mol. The molecule has 1 aromatic rings. The van der Waals surface area contributed by atoms with Gasteiger partial charge in [-0.25, -0.2) is 4.79 Å². The highest BCUT2D eigenvalue weighted by Gasteiger charge is 2.31. The summed E-state index contributed by atoms with van der Waals surface area (Å²) in [5.74, 6) is 0.253. The standard InChI is InChI=1S/C18H27N2O4.ClH/c1-14(2)10-16-6-4-8-19(11-16)13-24-18(22)20-9-5-7-17(20)12-23-15(3)21;/h4,6,8,11,14,17H,5,7,9-10,12-13H2,1-3H3;1H/q+1;/p-1/t17-;/m0./s1. The third-order valence-electron chi connectivity index (χ3n) is 3.99. The molecule has 1 aliphatic rings. The predicted octanol–water partition coefficient (Wildman–Crippen LogP) is -0.702. The van der Waals surface area contributed by atoms with Gasteiger partial charge in [0.1, 0.15) is 6.61 Å². The van der Waals surface area contributed by atoms with Gasteiger partial charge < -0.3 is 26.8 Å². The Morgan fingerprint density at radius 2 is 2.12 bits per heavy atom. The number of pyridine rings is 1. The Bertz CT molecular complexity index is 580. The van der Waals surface area contributed by atoms with Crippen molar-refractivity contribution in [3.63, 3.8) is 0 Å². The maximum Gasteiger partial charge on any atom is 0.414 e. The first-order valence-electron chi connectivity index (χ1n) is 8.50. The van der Waals surface area contributed by atoms with E-state index in [0.29, 0.717) is 12.5 Å². The van der Waals surface area contributed by atoms with Crippen LogP contribution >= 0.6 is 0 Å². The molecule has 2 heterocycles. The van der Waals surface area contributed by atoms with E-state index in [4.69, 9.17) is 9.47 Å². The molecule has 1 aromatic heterocycles. The minimum atomic E-state index is -0.355. The van der Waals surface area contributed by atoms with Gasteiger partial charge in [0, 0.05) is 25.1 Å². The first-order valence-corrected chi connectivity index (χ1v) is 8.50. The topological polar surface area (TPSA) is 59.7 Å². The number of likely N-dealkylation sites (tertiary alicyclic amines) is 1. The molecule has 140 valence electrons. The van der Waals surface area contributed by atoms with Crippen LogP contribution in [-0.4, -0.2) is 36.2 Å². The normalized spacial score (nSPS) is 16.5. The molecule has 0 radical (unpaired) electrons. The highest BCUT2D eigenvalue weighted by Crippen LogP contribution is 2.18. The number of hydrogen-bond acceptors (Lipinski definition) is 4. The van der Waals surface area contributed by atoms with Gasteiger partial charge in [-0.3, -0.25) is 4.79 Å². The number of amides is 1. The lowest BCUT2D eigenvalue weighted by atomic mass is 10.1. The molecule has 1 aliphatic heterocycles. The quantitative estimate of drug-likeness (QED) is 0.491. The predicted molar refractivity (Wildman–Crippen MR) is 88.0 cm³/mol. The lowest BCUT2D eigenvalue weighted by Crippen LogP contribution is -3.00. The molecule has 1 fully saturated rings. The van der Waals surface area contributed by atoms with E-state index in [2.05, 4.69) is 19.9 Å². The van der Waals surface area contributed by atoms with Crippen molar-refractivity contribution < 1.29 is 36.0 Å².